The molecule has 0 aliphatic carbocycles. The predicted octanol–water partition coefficient (Wildman–Crippen LogP) is 3.08. The summed E-state index contributed by atoms with van der Waals surface area (Å²) in [6.07, 6.45) is 3.89. The molecule has 5 nitrogen and oxygen atoms in total. The number of benzene rings is 1. The molecule has 2 heterocycles. The van der Waals surface area contributed by atoms with Crippen molar-refractivity contribution in [3.63, 3.8) is 0 Å². The lowest BCUT2D eigenvalue weighted by molar-refractivity contribution is -0.120. The van der Waals surface area contributed by atoms with Crippen molar-refractivity contribution >= 4 is 17.3 Å². The number of carbonyl (C=O) groups excluding carboxylic acids is 1. The number of carbonyl (C=O) groups is 1. The minimum Gasteiger partial charge on any atom is -0.369 e. The Morgan fingerprint density at radius 3 is 2.16 bits per heavy atom. The average molecular weight is 340 g/mol. The maximum atomic E-state index is 12.7. The molecule has 134 valence electrons. The highest BCUT2D eigenvalue weighted by molar-refractivity contribution is 5.94. The monoisotopic (exact) mass is 340 g/mol. The topological polar surface area (TPSA) is 40.5 Å². The van der Waals surface area contributed by atoms with Gasteiger partial charge >= 0.3 is 0 Å². The van der Waals surface area contributed by atoms with E-state index in [-0.39, 0.29) is 17.9 Å². The number of hydrogen-bond donors (Lipinski definition) is 1. The fourth-order valence-corrected chi connectivity index (χ4v) is 3.35. The van der Waals surface area contributed by atoms with Gasteiger partial charge in [-0.3, -0.25) is 4.79 Å². The Balaban J connectivity index is 1.65. The molecule has 0 bridgehead atoms. The first-order valence-electron chi connectivity index (χ1n) is 9.01. The molecule has 1 aromatic carbocycles. The van der Waals surface area contributed by atoms with Crippen LogP contribution in [-0.2, 0) is 4.79 Å². The third kappa shape index (κ3) is 4.23. The summed E-state index contributed by atoms with van der Waals surface area (Å²) >= 11 is 0. The van der Waals surface area contributed by atoms with Crippen LogP contribution < -0.4 is 10.2 Å². The Labute approximate surface area is 150 Å². The van der Waals surface area contributed by atoms with E-state index < -0.39 is 0 Å². The Kier molecular flexibility index (Phi) is 5.43. The van der Waals surface area contributed by atoms with Gasteiger partial charge in [-0.25, -0.2) is 0 Å². The molecule has 1 unspecified atom stereocenters. The van der Waals surface area contributed by atoms with Crippen molar-refractivity contribution in [2.75, 3.05) is 43.4 Å². The van der Waals surface area contributed by atoms with Crippen LogP contribution in [0.25, 0.3) is 0 Å². The lowest BCUT2D eigenvalue weighted by Gasteiger charge is -2.34. The zero-order valence-corrected chi connectivity index (χ0v) is 15.4. The third-order valence-electron chi connectivity index (χ3n) is 4.85. The smallest absolute Gasteiger partial charge is 0.247 e. The normalized spacial score (nSPS) is 16.9. The third-order valence-corrected chi connectivity index (χ3v) is 4.85. The van der Waals surface area contributed by atoms with Crippen molar-refractivity contribution in [1.82, 2.24) is 9.47 Å². The summed E-state index contributed by atoms with van der Waals surface area (Å²) in [6, 6.07) is 11.9. The molecule has 1 aliphatic rings. The van der Waals surface area contributed by atoms with E-state index in [1.807, 2.05) is 41.2 Å². The lowest BCUT2D eigenvalue weighted by atomic mass is 10.0. The molecule has 5 heteroatoms. The van der Waals surface area contributed by atoms with Crippen molar-refractivity contribution in [3.05, 3.63) is 48.8 Å². The first-order valence-corrected chi connectivity index (χ1v) is 9.01. The van der Waals surface area contributed by atoms with Gasteiger partial charge in [0.25, 0.3) is 0 Å². The Bertz CT molecular complexity index is 670. The molecule has 1 fully saturated rings. The van der Waals surface area contributed by atoms with E-state index in [1.54, 1.807) is 0 Å². The van der Waals surface area contributed by atoms with Crippen LogP contribution in [0, 0.1) is 5.92 Å². The molecule has 3 rings (SSSR count). The SMILES string of the molecule is CC(C)C(C(=O)Nc1ccc(N2CCN(C)CC2)cc1)n1cccc1. The molecule has 1 amide bonds. The summed E-state index contributed by atoms with van der Waals surface area (Å²) in [5.74, 6) is 0.246. The largest absolute Gasteiger partial charge is 0.369 e. The summed E-state index contributed by atoms with van der Waals surface area (Å²) in [7, 11) is 2.16. The van der Waals surface area contributed by atoms with Crippen molar-refractivity contribution in [3.8, 4) is 0 Å². The first kappa shape index (κ1) is 17.5. The molecule has 25 heavy (non-hydrogen) atoms. The maximum absolute atomic E-state index is 12.7. The molecule has 1 atom stereocenters. The minimum atomic E-state index is -0.202. The van der Waals surface area contributed by atoms with Gasteiger partial charge < -0.3 is 19.7 Å². The fraction of sp³-hybridized carbons (Fsp3) is 0.450. The van der Waals surface area contributed by atoms with Crippen molar-refractivity contribution in [2.45, 2.75) is 19.9 Å². The van der Waals surface area contributed by atoms with Gasteiger partial charge in [-0.2, -0.15) is 0 Å². The van der Waals surface area contributed by atoms with Crippen LogP contribution in [0.2, 0.25) is 0 Å². The van der Waals surface area contributed by atoms with E-state index >= 15 is 0 Å². The summed E-state index contributed by atoms with van der Waals surface area (Å²) in [5, 5.41) is 3.06. The summed E-state index contributed by atoms with van der Waals surface area (Å²) < 4.78 is 1.97. The van der Waals surface area contributed by atoms with Gasteiger partial charge in [-0.1, -0.05) is 13.8 Å². The number of nitrogens with zero attached hydrogens (tertiary/aromatic N) is 3. The van der Waals surface area contributed by atoms with Gasteiger partial charge in [-0.15, -0.1) is 0 Å². The van der Waals surface area contributed by atoms with E-state index in [0.717, 1.165) is 31.9 Å². The van der Waals surface area contributed by atoms with E-state index in [4.69, 9.17) is 0 Å². The second-order valence-electron chi connectivity index (χ2n) is 7.15. The molecule has 0 radical (unpaired) electrons. The number of hydrogen-bond acceptors (Lipinski definition) is 3. The number of anilines is 2. The second-order valence-corrected chi connectivity index (χ2v) is 7.15. The Morgan fingerprint density at radius 1 is 1.00 bits per heavy atom. The fourth-order valence-electron chi connectivity index (χ4n) is 3.35. The van der Waals surface area contributed by atoms with Crippen LogP contribution >= 0.6 is 0 Å². The summed E-state index contributed by atoms with van der Waals surface area (Å²) in [6.45, 7) is 8.41. The van der Waals surface area contributed by atoms with Crippen LogP contribution in [0.4, 0.5) is 11.4 Å². The highest BCUT2D eigenvalue weighted by Gasteiger charge is 2.23. The standard InChI is InChI=1S/C20H28N4O/c1-16(2)19(24-10-4-5-11-24)20(25)21-17-6-8-18(9-7-17)23-14-12-22(3)13-15-23/h4-11,16,19H,12-15H2,1-3H3,(H,21,25). The number of likely N-dealkylation sites (N-methyl/N-ethyl adjacent to an activating group) is 1. The first-order chi connectivity index (χ1) is 12.0. The zero-order valence-electron chi connectivity index (χ0n) is 15.4. The molecule has 1 aromatic heterocycles. The molecule has 1 saturated heterocycles. The van der Waals surface area contributed by atoms with E-state index in [1.165, 1.54) is 5.69 Å². The number of nitrogens with one attached hydrogen (secondary N) is 1. The molecule has 0 saturated carbocycles. The molecule has 2 aromatic rings. The van der Waals surface area contributed by atoms with Gasteiger partial charge in [0.1, 0.15) is 6.04 Å². The summed E-state index contributed by atoms with van der Waals surface area (Å²) in [4.78, 5) is 17.5. The molecule has 0 spiro atoms. The van der Waals surface area contributed by atoms with Crippen LogP contribution in [0.5, 0.6) is 0 Å². The number of amides is 1. The van der Waals surface area contributed by atoms with Crippen LogP contribution in [0.1, 0.15) is 19.9 Å². The maximum Gasteiger partial charge on any atom is 0.247 e. The molecular weight excluding hydrogens is 312 g/mol. The van der Waals surface area contributed by atoms with Crippen molar-refractivity contribution in [1.29, 1.82) is 0 Å². The zero-order chi connectivity index (χ0) is 17.8. The van der Waals surface area contributed by atoms with E-state index in [9.17, 15) is 4.79 Å². The van der Waals surface area contributed by atoms with Gasteiger partial charge in [-0.05, 0) is 49.4 Å². The van der Waals surface area contributed by atoms with Crippen LogP contribution in [-0.4, -0.2) is 48.6 Å². The van der Waals surface area contributed by atoms with E-state index in [2.05, 4.69) is 48.1 Å². The van der Waals surface area contributed by atoms with Crippen LogP contribution in [0.15, 0.2) is 48.8 Å². The number of rotatable bonds is 5. The number of piperazine rings is 1. The second kappa shape index (κ2) is 7.74. The predicted molar refractivity (Wildman–Crippen MR) is 103 cm³/mol. The Hall–Kier alpha value is -2.27. The van der Waals surface area contributed by atoms with Gasteiger partial charge in [0, 0.05) is 49.9 Å². The van der Waals surface area contributed by atoms with Crippen molar-refractivity contribution < 1.29 is 4.79 Å². The quantitative estimate of drug-likeness (QED) is 0.909. The summed E-state index contributed by atoms with van der Waals surface area (Å²) in [5.41, 5.74) is 2.07. The van der Waals surface area contributed by atoms with E-state index in [0.29, 0.717) is 0 Å². The van der Waals surface area contributed by atoms with Gasteiger partial charge in [0.2, 0.25) is 5.91 Å². The highest BCUT2D eigenvalue weighted by atomic mass is 16.2. The lowest BCUT2D eigenvalue weighted by Crippen LogP contribution is -2.44. The Morgan fingerprint density at radius 2 is 1.60 bits per heavy atom. The molecular formula is C20H28N4O. The van der Waals surface area contributed by atoms with Gasteiger partial charge in [0.15, 0.2) is 0 Å². The number of aromatic nitrogens is 1. The highest BCUT2D eigenvalue weighted by Crippen LogP contribution is 2.23. The average Bonchev–Trinajstić information content (AvgIpc) is 3.10. The van der Waals surface area contributed by atoms with Crippen LogP contribution in [0.3, 0.4) is 0 Å². The molecule has 1 N–H and O–H groups in total. The van der Waals surface area contributed by atoms with Gasteiger partial charge in [0.05, 0.1) is 0 Å². The minimum absolute atomic E-state index is 0.0264. The molecule has 1 aliphatic heterocycles. The van der Waals surface area contributed by atoms with Crippen molar-refractivity contribution in [2.24, 2.45) is 5.92 Å².